The summed E-state index contributed by atoms with van der Waals surface area (Å²) in [7, 11) is 1.86. The second-order valence-corrected chi connectivity index (χ2v) is 8.28. The lowest BCUT2D eigenvalue weighted by atomic mass is 9.99. The molecule has 1 aliphatic heterocycles. The molecule has 0 radical (unpaired) electrons. The molecule has 0 spiro atoms. The van der Waals surface area contributed by atoms with Crippen LogP contribution >= 0.6 is 0 Å². The molecule has 1 saturated carbocycles. The fourth-order valence-corrected chi connectivity index (χ4v) is 3.91. The normalized spacial score (nSPS) is 17.1. The van der Waals surface area contributed by atoms with Gasteiger partial charge >= 0.3 is 0 Å². The van der Waals surface area contributed by atoms with Crippen molar-refractivity contribution in [3.05, 3.63) is 53.0 Å². The van der Waals surface area contributed by atoms with Gasteiger partial charge in [-0.1, -0.05) is 29.8 Å². The second kappa shape index (κ2) is 8.81. The number of aromatic nitrogens is 2. The van der Waals surface area contributed by atoms with Crippen LogP contribution in [0.3, 0.4) is 0 Å². The van der Waals surface area contributed by atoms with E-state index < -0.39 is 0 Å². The maximum Gasteiger partial charge on any atom is 0.240 e. The minimum Gasteiger partial charge on any atom is -0.373 e. The first-order valence-electron chi connectivity index (χ1n) is 10.7. The molecule has 1 saturated heterocycles. The van der Waals surface area contributed by atoms with Crippen molar-refractivity contribution in [2.24, 2.45) is 0 Å². The van der Waals surface area contributed by atoms with Crippen LogP contribution in [0.1, 0.15) is 60.3 Å². The van der Waals surface area contributed by atoms with Crippen LogP contribution in [0.2, 0.25) is 0 Å². The number of hydrogen-bond donors (Lipinski definition) is 2. The number of anilines is 1. The van der Waals surface area contributed by atoms with Crippen molar-refractivity contribution in [1.82, 2.24) is 20.2 Å². The van der Waals surface area contributed by atoms with E-state index in [2.05, 4.69) is 21.7 Å². The third kappa shape index (κ3) is 4.96. The highest BCUT2D eigenvalue weighted by atomic mass is 16.2. The number of rotatable bonds is 8. The third-order valence-electron chi connectivity index (χ3n) is 5.69. The number of aryl methyl sites for hydroxylation is 1. The SMILES string of the molecule is CNc1cc(C[C@H](NC(=O)CN2CCCC2=O)c2cccc(C)c2)nc(C2CC2)n1. The zero-order chi connectivity index (χ0) is 21.1. The lowest BCUT2D eigenvalue weighted by Gasteiger charge is -2.22. The molecule has 2 heterocycles. The number of likely N-dealkylation sites (tertiary alicyclic amines) is 1. The van der Waals surface area contributed by atoms with Gasteiger partial charge in [-0.15, -0.1) is 0 Å². The summed E-state index contributed by atoms with van der Waals surface area (Å²) >= 11 is 0. The molecule has 0 bridgehead atoms. The molecule has 1 aromatic carbocycles. The van der Waals surface area contributed by atoms with Crippen molar-refractivity contribution in [3.8, 4) is 0 Å². The summed E-state index contributed by atoms with van der Waals surface area (Å²) in [5.41, 5.74) is 3.08. The zero-order valence-corrected chi connectivity index (χ0v) is 17.6. The molecule has 7 nitrogen and oxygen atoms in total. The Morgan fingerprint density at radius 3 is 2.77 bits per heavy atom. The lowest BCUT2D eigenvalue weighted by Crippen LogP contribution is -2.40. The van der Waals surface area contributed by atoms with Crippen LogP contribution in [0.25, 0.3) is 0 Å². The molecule has 2 amide bonds. The molecule has 1 aliphatic carbocycles. The zero-order valence-electron chi connectivity index (χ0n) is 17.6. The van der Waals surface area contributed by atoms with E-state index in [0.717, 1.165) is 47.7 Å². The van der Waals surface area contributed by atoms with E-state index in [4.69, 9.17) is 4.98 Å². The second-order valence-electron chi connectivity index (χ2n) is 8.28. The number of benzene rings is 1. The topological polar surface area (TPSA) is 87.2 Å². The minimum atomic E-state index is -0.221. The maximum atomic E-state index is 12.8. The van der Waals surface area contributed by atoms with Crippen LogP contribution in [0.4, 0.5) is 5.82 Å². The average Bonchev–Trinajstić information content (AvgIpc) is 3.51. The summed E-state index contributed by atoms with van der Waals surface area (Å²) < 4.78 is 0. The molecule has 0 unspecified atom stereocenters. The summed E-state index contributed by atoms with van der Waals surface area (Å²) in [5, 5.41) is 6.27. The smallest absolute Gasteiger partial charge is 0.240 e. The van der Waals surface area contributed by atoms with E-state index in [1.165, 1.54) is 0 Å². The molecule has 2 aromatic rings. The molecular weight excluding hydrogens is 378 g/mol. The third-order valence-corrected chi connectivity index (χ3v) is 5.69. The van der Waals surface area contributed by atoms with Gasteiger partial charge in [-0.3, -0.25) is 9.59 Å². The monoisotopic (exact) mass is 407 g/mol. The summed E-state index contributed by atoms with van der Waals surface area (Å²) in [6.45, 7) is 2.81. The Labute approximate surface area is 177 Å². The Kier molecular flexibility index (Phi) is 5.97. The van der Waals surface area contributed by atoms with Gasteiger partial charge in [0, 0.05) is 44.1 Å². The first kappa shape index (κ1) is 20.3. The summed E-state index contributed by atoms with van der Waals surface area (Å²) in [6, 6.07) is 9.89. The van der Waals surface area contributed by atoms with Gasteiger partial charge in [0.05, 0.1) is 12.6 Å². The van der Waals surface area contributed by atoms with Crippen LogP contribution in [-0.2, 0) is 16.0 Å². The lowest BCUT2D eigenvalue weighted by molar-refractivity contribution is -0.133. The Balaban J connectivity index is 1.55. The predicted molar refractivity (Wildman–Crippen MR) is 115 cm³/mol. The van der Waals surface area contributed by atoms with Crippen molar-refractivity contribution >= 4 is 17.6 Å². The van der Waals surface area contributed by atoms with Crippen molar-refractivity contribution in [1.29, 1.82) is 0 Å². The molecule has 2 N–H and O–H groups in total. The molecule has 2 aliphatic rings. The van der Waals surface area contributed by atoms with E-state index in [0.29, 0.717) is 25.3 Å². The highest BCUT2D eigenvalue weighted by molar-refractivity contribution is 5.86. The van der Waals surface area contributed by atoms with Gasteiger partial charge in [-0.25, -0.2) is 9.97 Å². The van der Waals surface area contributed by atoms with Crippen molar-refractivity contribution in [3.63, 3.8) is 0 Å². The molecule has 7 heteroatoms. The molecule has 2 fully saturated rings. The predicted octanol–water partition coefficient (Wildman–Crippen LogP) is 2.73. The van der Waals surface area contributed by atoms with Crippen molar-refractivity contribution in [2.75, 3.05) is 25.5 Å². The van der Waals surface area contributed by atoms with Crippen LogP contribution in [0, 0.1) is 6.92 Å². The molecule has 158 valence electrons. The van der Waals surface area contributed by atoms with E-state index >= 15 is 0 Å². The quantitative estimate of drug-likeness (QED) is 0.703. The fourth-order valence-electron chi connectivity index (χ4n) is 3.91. The number of hydrogen-bond acceptors (Lipinski definition) is 5. The van der Waals surface area contributed by atoms with Crippen LogP contribution in [0.15, 0.2) is 30.3 Å². The van der Waals surface area contributed by atoms with Gasteiger partial charge in [0.2, 0.25) is 11.8 Å². The summed E-state index contributed by atoms with van der Waals surface area (Å²) in [5.74, 6) is 2.06. The Bertz CT molecular complexity index is 941. The van der Waals surface area contributed by atoms with Gasteiger partial charge in [0.15, 0.2) is 0 Å². The maximum absolute atomic E-state index is 12.8. The van der Waals surface area contributed by atoms with E-state index in [1.54, 1.807) is 4.90 Å². The van der Waals surface area contributed by atoms with E-state index in [9.17, 15) is 9.59 Å². The Morgan fingerprint density at radius 2 is 2.10 bits per heavy atom. The average molecular weight is 408 g/mol. The van der Waals surface area contributed by atoms with E-state index in [-0.39, 0.29) is 24.4 Å². The van der Waals surface area contributed by atoms with Gasteiger partial charge in [-0.05, 0) is 31.7 Å². The first-order valence-corrected chi connectivity index (χ1v) is 10.7. The van der Waals surface area contributed by atoms with E-state index in [1.807, 2.05) is 38.2 Å². The molecule has 4 rings (SSSR count). The van der Waals surface area contributed by atoms with Crippen LogP contribution in [0.5, 0.6) is 0 Å². The van der Waals surface area contributed by atoms with Gasteiger partial charge in [0.25, 0.3) is 0 Å². The standard InChI is InChI=1S/C23H29N5O2/c1-15-5-3-6-17(11-15)19(26-21(29)14-28-10-4-7-22(28)30)12-18-13-20(24-2)27-23(25-18)16-8-9-16/h3,5-6,11,13,16,19H,4,7-10,12,14H2,1-2H3,(H,26,29)(H,24,25,27)/t19-/m0/s1. The number of nitrogens with one attached hydrogen (secondary N) is 2. The van der Waals surface area contributed by atoms with Crippen LogP contribution in [-0.4, -0.2) is 46.8 Å². The molecule has 1 atom stereocenters. The van der Waals surface area contributed by atoms with Crippen LogP contribution < -0.4 is 10.6 Å². The minimum absolute atomic E-state index is 0.0563. The molecule has 1 aromatic heterocycles. The highest BCUT2D eigenvalue weighted by Gasteiger charge is 2.28. The molecular formula is C23H29N5O2. The number of carbonyl (C=O) groups excluding carboxylic acids is 2. The van der Waals surface area contributed by atoms with Gasteiger partial charge in [0.1, 0.15) is 11.6 Å². The first-order chi connectivity index (χ1) is 14.5. The highest BCUT2D eigenvalue weighted by Crippen LogP contribution is 2.38. The van der Waals surface area contributed by atoms with Crippen molar-refractivity contribution in [2.45, 2.75) is 51.0 Å². The number of carbonyl (C=O) groups is 2. The number of nitrogens with zero attached hydrogens (tertiary/aromatic N) is 3. The molecule has 30 heavy (non-hydrogen) atoms. The summed E-state index contributed by atoms with van der Waals surface area (Å²) in [6.07, 6.45) is 4.19. The number of amides is 2. The largest absolute Gasteiger partial charge is 0.373 e. The summed E-state index contributed by atoms with van der Waals surface area (Å²) in [4.78, 5) is 35.7. The Hall–Kier alpha value is -2.96. The fraction of sp³-hybridized carbons (Fsp3) is 0.478. The van der Waals surface area contributed by atoms with Gasteiger partial charge in [-0.2, -0.15) is 0 Å². The van der Waals surface area contributed by atoms with Gasteiger partial charge < -0.3 is 15.5 Å². The Morgan fingerprint density at radius 1 is 1.27 bits per heavy atom. The van der Waals surface area contributed by atoms with Crippen molar-refractivity contribution < 1.29 is 9.59 Å².